The highest BCUT2D eigenvalue weighted by molar-refractivity contribution is 5.94. The van der Waals surface area contributed by atoms with Crippen LogP contribution in [0.5, 0.6) is 5.75 Å². The summed E-state index contributed by atoms with van der Waals surface area (Å²) in [7, 11) is 0. The van der Waals surface area contributed by atoms with Gasteiger partial charge in [-0.05, 0) is 37.5 Å². The Bertz CT molecular complexity index is 445. The zero-order valence-corrected chi connectivity index (χ0v) is 10.6. The molecule has 1 fully saturated rings. The normalized spacial score (nSPS) is 23.7. The van der Waals surface area contributed by atoms with Gasteiger partial charge in [0, 0.05) is 17.6 Å². The predicted octanol–water partition coefficient (Wildman–Crippen LogP) is 1.70. The maximum atomic E-state index is 12.0. The lowest BCUT2D eigenvalue weighted by molar-refractivity contribution is 0.0921. The molecule has 1 aliphatic carbocycles. The molecule has 0 aromatic heterocycles. The van der Waals surface area contributed by atoms with Gasteiger partial charge in [0.1, 0.15) is 5.75 Å². The second-order valence-corrected chi connectivity index (χ2v) is 5.03. The molecule has 4 heteroatoms. The quantitative estimate of drug-likeness (QED) is 0.745. The topological polar surface area (TPSA) is 75.4 Å². The fraction of sp³-hybridized carbons (Fsp3) is 0.500. The zero-order chi connectivity index (χ0) is 13.1. The summed E-state index contributed by atoms with van der Waals surface area (Å²) in [5, 5.41) is 12.6. The first-order chi connectivity index (χ1) is 8.58. The number of benzene rings is 1. The Morgan fingerprint density at radius 1 is 1.39 bits per heavy atom. The minimum absolute atomic E-state index is 0.0433. The lowest BCUT2D eigenvalue weighted by atomic mass is 9.91. The van der Waals surface area contributed by atoms with Crippen LogP contribution in [0.25, 0.3) is 0 Å². The van der Waals surface area contributed by atoms with Gasteiger partial charge in [-0.25, -0.2) is 0 Å². The average Bonchev–Trinajstić information content (AvgIpc) is 2.35. The number of aromatic hydroxyl groups is 1. The zero-order valence-electron chi connectivity index (χ0n) is 10.6. The van der Waals surface area contributed by atoms with Gasteiger partial charge in [-0.3, -0.25) is 4.79 Å². The molecule has 2 unspecified atom stereocenters. The van der Waals surface area contributed by atoms with E-state index in [1.165, 1.54) is 6.07 Å². The monoisotopic (exact) mass is 248 g/mol. The summed E-state index contributed by atoms with van der Waals surface area (Å²) < 4.78 is 0. The molecule has 0 bridgehead atoms. The predicted molar refractivity (Wildman–Crippen MR) is 70.5 cm³/mol. The minimum Gasteiger partial charge on any atom is -0.508 e. The minimum atomic E-state index is -0.160. The van der Waals surface area contributed by atoms with E-state index in [2.05, 4.69) is 5.32 Å². The van der Waals surface area contributed by atoms with Crippen LogP contribution in [0.1, 0.15) is 41.6 Å². The van der Waals surface area contributed by atoms with E-state index in [4.69, 9.17) is 5.73 Å². The summed E-state index contributed by atoms with van der Waals surface area (Å²) in [4.78, 5) is 12.0. The van der Waals surface area contributed by atoms with E-state index < -0.39 is 0 Å². The molecule has 1 aromatic rings. The van der Waals surface area contributed by atoms with Crippen molar-refractivity contribution in [1.82, 2.24) is 5.32 Å². The van der Waals surface area contributed by atoms with Crippen molar-refractivity contribution < 1.29 is 9.90 Å². The van der Waals surface area contributed by atoms with Crippen LogP contribution in [0, 0.1) is 6.92 Å². The Kier molecular flexibility index (Phi) is 3.87. The van der Waals surface area contributed by atoms with E-state index in [0.29, 0.717) is 5.56 Å². The highest BCUT2D eigenvalue weighted by atomic mass is 16.3. The highest BCUT2D eigenvalue weighted by Crippen LogP contribution is 2.19. The Balaban J connectivity index is 2.04. The number of phenols is 1. The maximum Gasteiger partial charge on any atom is 0.251 e. The molecule has 0 spiro atoms. The van der Waals surface area contributed by atoms with Gasteiger partial charge in [-0.1, -0.05) is 18.9 Å². The molecule has 0 radical (unpaired) electrons. The van der Waals surface area contributed by atoms with E-state index in [1.807, 2.05) is 0 Å². The van der Waals surface area contributed by atoms with Crippen LogP contribution in [0.3, 0.4) is 0 Å². The number of nitrogens with one attached hydrogen (secondary N) is 1. The summed E-state index contributed by atoms with van der Waals surface area (Å²) in [6.07, 6.45) is 4.14. The van der Waals surface area contributed by atoms with Crippen molar-refractivity contribution in [3.63, 3.8) is 0 Å². The van der Waals surface area contributed by atoms with Crippen molar-refractivity contribution in [3.05, 3.63) is 29.3 Å². The van der Waals surface area contributed by atoms with E-state index in [9.17, 15) is 9.90 Å². The van der Waals surface area contributed by atoms with Gasteiger partial charge in [-0.15, -0.1) is 0 Å². The number of aryl methyl sites for hydroxylation is 1. The summed E-state index contributed by atoms with van der Waals surface area (Å²) in [5.41, 5.74) is 7.24. The maximum absolute atomic E-state index is 12.0. The smallest absolute Gasteiger partial charge is 0.251 e. The standard InChI is InChI=1S/C14H20N2O2/c1-9-6-7-10(8-13(9)17)14(18)16-12-5-3-2-4-11(12)15/h6-8,11-12,17H,2-5,15H2,1H3,(H,16,18). The lowest BCUT2D eigenvalue weighted by Crippen LogP contribution is -2.49. The molecule has 1 amide bonds. The van der Waals surface area contributed by atoms with Crippen molar-refractivity contribution in [3.8, 4) is 5.75 Å². The third-order valence-electron chi connectivity index (χ3n) is 3.61. The Morgan fingerprint density at radius 2 is 2.11 bits per heavy atom. The first-order valence-electron chi connectivity index (χ1n) is 6.44. The third-order valence-corrected chi connectivity index (χ3v) is 3.61. The van der Waals surface area contributed by atoms with Gasteiger partial charge < -0.3 is 16.2 Å². The SMILES string of the molecule is Cc1ccc(C(=O)NC2CCCCC2N)cc1O. The number of amides is 1. The van der Waals surface area contributed by atoms with Crippen molar-refractivity contribution in [2.24, 2.45) is 5.73 Å². The molecule has 98 valence electrons. The van der Waals surface area contributed by atoms with E-state index in [0.717, 1.165) is 31.2 Å². The van der Waals surface area contributed by atoms with Crippen molar-refractivity contribution in [1.29, 1.82) is 0 Å². The number of rotatable bonds is 2. The number of carbonyl (C=O) groups is 1. The molecular formula is C14H20N2O2. The van der Waals surface area contributed by atoms with Crippen molar-refractivity contribution >= 4 is 5.91 Å². The summed E-state index contributed by atoms with van der Waals surface area (Å²) in [6, 6.07) is 5.06. The van der Waals surface area contributed by atoms with Crippen LogP contribution in [0.15, 0.2) is 18.2 Å². The molecular weight excluding hydrogens is 228 g/mol. The highest BCUT2D eigenvalue weighted by Gasteiger charge is 2.23. The van der Waals surface area contributed by atoms with Gasteiger partial charge in [0.25, 0.3) is 5.91 Å². The molecule has 1 saturated carbocycles. The second-order valence-electron chi connectivity index (χ2n) is 5.03. The van der Waals surface area contributed by atoms with Gasteiger partial charge in [0.15, 0.2) is 0 Å². The molecule has 2 rings (SSSR count). The van der Waals surface area contributed by atoms with Gasteiger partial charge in [0.2, 0.25) is 0 Å². The van der Waals surface area contributed by atoms with Crippen LogP contribution in [-0.2, 0) is 0 Å². The first-order valence-corrected chi connectivity index (χ1v) is 6.44. The summed E-state index contributed by atoms with van der Waals surface area (Å²) >= 11 is 0. The number of hydrogen-bond acceptors (Lipinski definition) is 3. The van der Waals surface area contributed by atoms with Crippen LogP contribution >= 0.6 is 0 Å². The average molecular weight is 248 g/mol. The number of carbonyl (C=O) groups excluding carboxylic acids is 1. The van der Waals surface area contributed by atoms with Crippen molar-refractivity contribution in [2.75, 3.05) is 0 Å². The summed E-state index contributed by atoms with van der Waals surface area (Å²) in [5.74, 6) is -0.0109. The van der Waals surface area contributed by atoms with E-state index >= 15 is 0 Å². The largest absolute Gasteiger partial charge is 0.508 e. The van der Waals surface area contributed by atoms with Crippen LogP contribution in [-0.4, -0.2) is 23.1 Å². The molecule has 0 heterocycles. The summed E-state index contributed by atoms with van der Waals surface area (Å²) in [6.45, 7) is 1.80. The van der Waals surface area contributed by atoms with Gasteiger partial charge in [0.05, 0.1) is 0 Å². The number of hydrogen-bond donors (Lipinski definition) is 3. The van der Waals surface area contributed by atoms with Crippen LogP contribution < -0.4 is 11.1 Å². The first kappa shape index (κ1) is 12.9. The van der Waals surface area contributed by atoms with Gasteiger partial charge >= 0.3 is 0 Å². The molecule has 1 aromatic carbocycles. The van der Waals surface area contributed by atoms with E-state index in [1.54, 1.807) is 19.1 Å². The molecule has 0 saturated heterocycles. The third kappa shape index (κ3) is 2.82. The molecule has 2 atom stereocenters. The molecule has 4 nitrogen and oxygen atoms in total. The fourth-order valence-corrected chi connectivity index (χ4v) is 2.34. The van der Waals surface area contributed by atoms with Crippen LogP contribution in [0.4, 0.5) is 0 Å². The Hall–Kier alpha value is -1.55. The second kappa shape index (κ2) is 5.40. The van der Waals surface area contributed by atoms with Crippen LogP contribution in [0.2, 0.25) is 0 Å². The Morgan fingerprint density at radius 3 is 2.78 bits per heavy atom. The molecule has 18 heavy (non-hydrogen) atoms. The van der Waals surface area contributed by atoms with Gasteiger partial charge in [-0.2, -0.15) is 0 Å². The Labute approximate surface area is 107 Å². The van der Waals surface area contributed by atoms with Crippen molar-refractivity contribution in [2.45, 2.75) is 44.7 Å². The van der Waals surface area contributed by atoms with E-state index in [-0.39, 0.29) is 23.7 Å². The lowest BCUT2D eigenvalue weighted by Gasteiger charge is -2.29. The number of nitrogens with two attached hydrogens (primary N) is 1. The molecule has 0 aliphatic heterocycles. The fourth-order valence-electron chi connectivity index (χ4n) is 2.34. The molecule has 1 aliphatic rings. The number of phenolic OH excluding ortho intramolecular Hbond substituents is 1. The molecule has 4 N–H and O–H groups in total.